The Morgan fingerprint density at radius 3 is 2.16 bits per heavy atom. The topological polar surface area (TPSA) is 20.3 Å². The van der Waals surface area contributed by atoms with Crippen LogP contribution in [0.25, 0.3) is 0 Å². The Labute approximate surface area is 185 Å². The van der Waals surface area contributed by atoms with Gasteiger partial charge in [0.25, 0.3) is 5.91 Å². The zero-order valence-electron chi connectivity index (χ0n) is 16.7. The minimum Gasteiger partial charge on any atom is -0.304 e. The van der Waals surface area contributed by atoms with E-state index in [-0.39, 0.29) is 17.0 Å². The van der Waals surface area contributed by atoms with E-state index in [1.54, 1.807) is 23.9 Å². The van der Waals surface area contributed by atoms with E-state index in [9.17, 15) is 9.18 Å². The summed E-state index contributed by atoms with van der Waals surface area (Å²) in [6, 6.07) is 32.5. The highest BCUT2D eigenvalue weighted by Crippen LogP contribution is 2.47. The van der Waals surface area contributed by atoms with Crippen molar-refractivity contribution in [3.63, 3.8) is 0 Å². The molecule has 1 atom stereocenters. The maximum atomic E-state index is 13.7. The molecule has 0 bridgehead atoms. The third-order valence-corrected chi connectivity index (χ3v) is 6.77. The molecule has 0 saturated heterocycles. The van der Waals surface area contributed by atoms with Crippen LogP contribution in [0.15, 0.2) is 108 Å². The molecule has 0 aromatic heterocycles. The Kier molecular flexibility index (Phi) is 5.31. The molecular weight excluding hydrogens is 405 g/mol. The molecule has 1 unspecified atom stereocenters. The predicted octanol–water partition coefficient (Wildman–Crippen LogP) is 6.87. The number of para-hydroxylation sites is 1. The lowest BCUT2D eigenvalue weighted by Crippen LogP contribution is -2.30. The van der Waals surface area contributed by atoms with Crippen molar-refractivity contribution in [2.24, 2.45) is 0 Å². The first-order valence-electron chi connectivity index (χ1n) is 10.2. The van der Waals surface area contributed by atoms with E-state index in [4.69, 9.17) is 0 Å². The quantitative estimate of drug-likeness (QED) is 0.356. The molecule has 1 aliphatic heterocycles. The normalized spacial score (nSPS) is 15.2. The van der Waals surface area contributed by atoms with Gasteiger partial charge in [-0.1, -0.05) is 66.7 Å². The van der Waals surface area contributed by atoms with E-state index in [0.717, 1.165) is 27.3 Å². The average Bonchev–Trinajstić information content (AvgIpc) is 2.91. The molecule has 4 aromatic rings. The average molecular weight is 426 g/mol. The van der Waals surface area contributed by atoms with E-state index >= 15 is 0 Å². The Morgan fingerprint density at radius 1 is 0.742 bits per heavy atom. The highest BCUT2D eigenvalue weighted by atomic mass is 32.2. The van der Waals surface area contributed by atoms with Gasteiger partial charge in [0.05, 0.1) is 11.8 Å². The van der Waals surface area contributed by atoms with Crippen LogP contribution in [-0.4, -0.2) is 5.91 Å². The first-order chi connectivity index (χ1) is 15.2. The van der Waals surface area contributed by atoms with Gasteiger partial charge < -0.3 is 4.90 Å². The third-order valence-electron chi connectivity index (χ3n) is 5.48. The van der Waals surface area contributed by atoms with E-state index in [1.807, 2.05) is 65.6 Å². The molecule has 0 spiro atoms. The van der Waals surface area contributed by atoms with Gasteiger partial charge in [-0.05, 0) is 53.1 Å². The monoisotopic (exact) mass is 425 g/mol. The lowest BCUT2D eigenvalue weighted by Gasteiger charge is -2.24. The summed E-state index contributed by atoms with van der Waals surface area (Å²) in [5.41, 5.74) is 4.58. The standard InChI is InChI=1S/C27H20FNOS/c28-20-16-14-19(15-17-20)18-29-25-13-7-6-12-24(25)26(31-21-8-2-1-3-9-21)22-10-4-5-11-23(22)27(29)30/h1-17,26H,18H2. The van der Waals surface area contributed by atoms with Crippen molar-refractivity contribution in [1.29, 1.82) is 0 Å². The van der Waals surface area contributed by atoms with Gasteiger partial charge in [-0.2, -0.15) is 0 Å². The van der Waals surface area contributed by atoms with Crippen LogP contribution in [0.2, 0.25) is 0 Å². The Balaban J connectivity index is 1.65. The van der Waals surface area contributed by atoms with Crippen LogP contribution < -0.4 is 4.90 Å². The van der Waals surface area contributed by atoms with Gasteiger partial charge in [0, 0.05) is 16.1 Å². The molecule has 1 amide bonds. The number of benzene rings is 4. The van der Waals surface area contributed by atoms with Crippen molar-refractivity contribution in [2.45, 2.75) is 16.7 Å². The summed E-state index contributed by atoms with van der Waals surface area (Å²) in [5, 5.41) is -0.0167. The summed E-state index contributed by atoms with van der Waals surface area (Å²) in [7, 11) is 0. The number of carbonyl (C=O) groups is 1. The summed E-state index contributed by atoms with van der Waals surface area (Å²) >= 11 is 1.75. The van der Waals surface area contributed by atoms with Crippen molar-refractivity contribution in [2.75, 3.05) is 4.90 Å². The van der Waals surface area contributed by atoms with Crippen LogP contribution >= 0.6 is 11.8 Å². The molecule has 2 nitrogen and oxygen atoms in total. The zero-order chi connectivity index (χ0) is 21.2. The van der Waals surface area contributed by atoms with E-state index < -0.39 is 0 Å². The van der Waals surface area contributed by atoms with E-state index in [1.165, 1.54) is 12.1 Å². The van der Waals surface area contributed by atoms with Crippen molar-refractivity contribution in [3.05, 3.63) is 131 Å². The van der Waals surface area contributed by atoms with Gasteiger partial charge in [0.2, 0.25) is 0 Å². The van der Waals surface area contributed by atoms with Gasteiger partial charge in [-0.15, -0.1) is 11.8 Å². The fourth-order valence-electron chi connectivity index (χ4n) is 3.99. The number of carbonyl (C=O) groups excluding carboxylic acids is 1. The fraction of sp³-hybridized carbons (Fsp3) is 0.0741. The molecule has 5 rings (SSSR count). The second-order valence-electron chi connectivity index (χ2n) is 7.47. The molecule has 152 valence electrons. The summed E-state index contributed by atoms with van der Waals surface area (Å²) in [6.45, 7) is 0.382. The predicted molar refractivity (Wildman–Crippen MR) is 124 cm³/mol. The van der Waals surface area contributed by atoms with Crippen molar-refractivity contribution >= 4 is 23.4 Å². The second kappa shape index (κ2) is 8.40. The van der Waals surface area contributed by atoms with Gasteiger partial charge in [-0.25, -0.2) is 4.39 Å². The van der Waals surface area contributed by atoms with Crippen LogP contribution in [0.4, 0.5) is 10.1 Å². The fourth-order valence-corrected chi connectivity index (χ4v) is 5.23. The number of amides is 1. The van der Waals surface area contributed by atoms with E-state index in [2.05, 4.69) is 18.2 Å². The van der Waals surface area contributed by atoms with Gasteiger partial charge in [0.15, 0.2) is 0 Å². The first-order valence-corrected chi connectivity index (χ1v) is 11.0. The Hall–Kier alpha value is -3.37. The molecular formula is C27H20FNOS. The van der Waals surface area contributed by atoms with Crippen molar-refractivity contribution in [1.82, 2.24) is 0 Å². The van der Waals surface area contributed by atoms with Gasteiger partial charge in [0.1, 0.15) is 5.82 Å². The number of halogens is 1. The molecule has 1 aliphatic rings. The van der Waals surface area contributed by atoms with Gasteiger partial charge >= 0.3 is 0 Å². The van der Waals surface area contributed by atoms with Crippen LogP contribution in [0.5, 0.6) is 0 Å². The maximum Gasteiger partial charge on any atom is 0.258 e. The van der Waals surface area contributed by atoms with Crippen molar-refractivity contribution in [3.8, 4) is 0 Å². The Bertz CT molecular complexity index is 1220. The number of nitrogens with zero attached hydrogens (tertiary/aromatic N) is 1. The number of anilines is 1. The lowest BCUT2D eigenvalue weighted by molar-refractivity contribution is 0.0985. The highest BCUT2D eigenvalue weighted by Gasteiger charge is 2.32. The third kappa shape index (κ3) is 3.87. The highest BCUT2D eigenvalue weighted by molar-refractivity contribution is 7.99. The molecule has 4 heteroatoms. The molecule has 0 fully saturated rings. The SMILES string of the molecule is O=C1c2ccccc2C(Sc2ccccc2)c2ccccc2N1Cc1ccc(F)cc1. The van der Waals surface area contributed by atoms with Gasteiger partial charge in [-0.3, -0.25) is 4.79 Å². The summed E-state index contributed by atoms with van der Waals surface area (Å²) in [4.78, 5) is 16.7. The molecule has 0 saturated carbocycles. The smallest absolute Gasteiger partial charge is 0.258 e. The van der Waals surface area contributed by atoms with E-state index in [0.29, 0.717) is 12.1 Å². The minimum atomic E-state index is -0.281. The summed E-state index contributed by atoms with van der Waals surface area (Å²) in [5.74, 6) is -0.320. The second-order valence-corrected chi connectivity index (χ2v) is 8.65. The molecule has 4 aromatic carbocycles. The first kappa shape index (κ1) is 19.6. The Morgan fingerprint density at radius 2 is 1.39 bits per heavy atom. The molecule has 0 radical (unpaired) electrons. The molecule has 1 heterocycles. The number of hydrogen-bond donors (Lipinski definition) is 0. The number of thioether (sulfide) groups is 1. The number of hydrogen-bond acceptors (Lipinski definition) is 2. The summed E-state index contributed by atoms with van der Waals surface area (Å²) < 4.78 is 13.4. The molecule has 0 aliphatic carbocycles. The number of fused-ring (bicyclic) bond motifs is 2. The maximum absolute atomic E-state index is 13.7. The zero-order valence-corrected chi connectivity index (χ0v) is 17.6. The van der Waals surface area contributed by atoms with Crippen LogP contribution in [0.1, 0.15) is 32.3 Å². The van der Waals surface area contributed by atoms with Crippen LogP contribution in [0.3, 0.4) is 0 Å². The van der Waals surface area contributed by atoms with Crippen LogP contribution in [-0.2, 0) is 6.54 Å². The molecule has 31 heavy (non-hydrogen) atoms. The lowest BCUT2D eigenvalue weighted by atomic mass is 10.00. The van der Waals surface area contributed by atoms with Crippen LogP contribution in [0, 0.1) is 5.82 Å². The largest absolute Gasteiger partial charge is 0.304 e. The molecule has 0 N–H and O–H groups in total. The minimum absolute atomic E-state index is 0.0167. The number of rotatable bonds is 4. The van der Waals surface area contributed by atoms with Crippen molar-refractivity contribution < 1.29 is 9.18 Å². The summed E-state index contributed by atoms with van der Waals surface area (Å²) in [6.07, 6.45) is 0.